The van der Waals surface area contributed by atoms with Crippen LogP contribution in [0.2, 0.25) is 0 Å². The van der Waals surface area contributed by atoms with E-state index >= 15 is 0 Å². The summed E-state index contributed by atoms with van der Waals surface area (Å²) < 4.78 is 0. The lowest BCUT2D eigenvalue weighted by Gasteiger charge is -2.16. The minimum atomic E-state index is 1.02. The first-order valence-corrected chi connectivity index (χ1v) is 7.96. The molecular formula is C15H28N2S. The first-order valence-electron chi connectivity index (χ1n) is 7.14. The number of hydrogen-bond acceptors (Lipinski definition) is 3. The summed E-state index contributed by atoms with van der Waals surface area (Å²) in [6, 6.07) is 2.37. The second-order valence-electron chi connectivity index (χ2n) is 5.02. The lowest BCUT2D eigenvalue weighted by atomic mass is 10.2. The third kappa shape index (κ3) is 5.51. The van der Waals surface area contributed by atoms with Crippen molar-refractivity contribution in [3.05, 3.63) is 21.4 Å². The average Bonchev–Trinajstić information content (AvgIpc) is 2.68. The molecule has 0 amide bonds. The molecule has 0 saturated carbocycles. The van der Waals surface area contributed by atoms with Crippen LogP contribution >= 0.6 is 11.3 Å². The molecule has 0 aliphatic heterocycles. The first-order chi connectivity index (χ1) is 8.67. The number of thiophene rings is 1. The number of nitrogens with zero attached hydrogens (tertiary/aromatic N) is 1. The van der Waals surface area contributed by atoms with Crippen LogP contribution in [0, 0.1) is 6.92 Å². The summed E-state index contributed by atoms with van der Waals surface area (Å²) in [5, 5.41) is 3.40. The Bertz CT molecular complexity index is 333. The van der Waals surface area contributed by atoms with E-state index in [1.807, 2.05) is 11.3 Å². The number of unbranched alkanes of at least 4 members (excludes halogenated alkanes) is 2. The van der Waals surface area contributed by atoms with E-state index in [0.29, 0.717) is 0 Å². The van der Waals surface area contributed by atoms with E-state index in [-0.39, 0.29) is 0 Å². The maximum Gasteiger partial charge on any atom is 0.0299 e. The molecule has 1 N–H and O–H groups in total. The monoisotopic (exact) mass is 268 g/mol. The molecule has 0 aliphatic carbocycles. The van der Waals surface area contributed by atoms with E-state index < -0.39 is 0 Å². The zero-order chi connectivity index (χ0) is 13.4. The van der Waals surface area contributed by atoms with Gasteiger partial charge in [-0.2, -0.15) is 0 Å². The van der Waals surface area contributed by atoms with Crippen LogP contribution in [0.25, 0.3) is 0 Å². The quantitative estimate of drug-likeness (QED) is 0.686. The molecule has 1 aromatic heterocycles. The van der Waals surface area contributed by atoms with Gasteiger partial charge >= 0.3 is 0 Å². The third-order valence-electron chi connectivity index (χ3n) is 3.20. The molecule has 0 radical (unpaired) electrons. The topological polar surface area (TPSA) is 15.3 Å². The van der Waals surface area contributed by atoms with Gasteiger partial charge in [0.1, 0.15) is 0 Å². The highest BCUT2D eigenvalue weighted by molar-refractivity contribution is 7.12. The Morgan fingerprint density at radius 2 is 2.06 bits per heavy atom. The summed E-state index contributed by atoms with van der Waals surface area (Å²) >= 11 is 1.94. The molecule has 0 aromatic carbocycles. The van der Waals surface area contributed by atoms with Crippen LogP contribution in [0.3, 0.4) is 0 Å². The summed E-state index contributed by atoms with van der Waals surface area (Å²) in [6.45, 7) is 11.0. The van der Waals surface area contributed by atoms with Gasteiger partial charge in [-0.15, -0.1) is 11.3 Å². The van der Waals surface area contributed by atoms with Crippen LogP contribution in [-0.2, 0) is 13.1 Å². The van der Waals surface area contributed by atoms with Gasteiger partial charge in [0.05, 0.1) is 0 Å². The molecule has 18 heavy (non-hydrogen) atoms. The van der Waals surface area contributed by atoms with Gasteiger partial charge in [-0.3, -0.25) is 0 Å². The molecule has 0 fully saturated rings. The Kier molecular flexibility index (Phi) is 7.56. The minimum Gasteiger partial charge on any atom is -0.312 e. The smallest absolute Gasteiger partial charge is 0.0299 e. The zero-order valence-electron chi connectivity index (χ0n) is 12.4. The summed E-state index contributed by atoms with van der Waals surface area (Å²) in [7, 11) is 2.23. The average molecular weight is 268 g/mol. The molecule has 3 heteroatoms. The van der Waals surface area contributed by atoms with Crippen LogP contribution < -0.4 is 5.32 Å². The Morgan fingerprint density at radius 1 is 1.28 bits per heavy atom. The lowest BCUT2D eigenvalue weighted by Crippen LogP contribution is -2.19. The molecule has 0 aliphatic rings. The van der Waals surface area contributed by atoms with E-state index in [1.165, 1.54) is 41.1 Å². The zero-order valence-corrected chi connectivity index (χ0v) is 13.2. The number of nitrogens with one attached hydrogen (secondary N) is 1. The Balaban J connectivity index is 2.42. The summed E-state index contributed by atoms with van der Waals surface area (Å²) in [5.74, 6) is 0. The van der Waals surface area contributed by atoms with Crippen molar-refractivity contribution in [1.82, 2.24) is 10.2 Å². The maximum absolute atomic E-state index is 3.40. The SMILES string of the molecule is CCCCCN(C)Cc1cc(CNCC)sc1C. The van der Waals surface area contributed by atoms with Crippen molar-refractivity contribution in [3.63, 3.8) is 0 Å². The Morgan fingerprint density at radius 3 is 2.72 bits per heavy atom. The normalized spacial score (nSPS) is 11.4. The van der Waals surface area contributed by atoms with E-state index in [2.05, 4.69) is 44.1 Å². The molecule has 0 spiro atoms. The Labute approximate surface area is 116 Å². The fourth-order valence-corrected chi connectivity index (χ4v) is 3.10. The largest absolute Gasteiger partial charge is 0.312 e. The second kappa shape index (κ2) is 8.68. The molecule has 0 unspecified atom stereocenters. The van der Waals surface area contributed by atoms with Gasteiger partial charge in [0.25, 0.3) is 0 Å². The predicted octanol–water partition coefficient (Wildman–Crippen LogP) is 3.79. The van der Waals surface area contributed by atoms with Crippen molar-refractivity contribution >= 4 is 11.3 Å². The molecule has 2 nitrogen and oxygen atoms in total. The van der Waals surface area contributed by atoms with Gasteiger partial charge in [0.2, 0.25) is 0 Å². The number of aryl methyl sites for hydroxylation is 1. The summed E-state index contributed by atoms with van der Waals surface area (Å²) in [5.41, 5.74) is 1.51. The van der Waals surface area contributed by atoms with Crippen molar-refractivity contribution in [3.8, 4) is 0 Å². The molecule has 0 atom stereocenters. The highest BCUT2D eigenvalue weighted by Gasteiger charge is 2.07. The number of hydrogen-bond donors (Lipinski definition) is 1. The van der Waals surface area contributed by atoms with Crippen molar-refractivity contribution in [2.24, 2.45) is 0 Å². The molecule has 0 bridgehead atoms. The number of rotatable bonds is 9. The molecular weight excluding hydrogens is 240 g/mol. The Hall–Kier alpha value is -0.380. The van der Waals surface area contributed by atoms with Gasteiger partial charge in [0.15, 0.2) is 0 Å². The van der Waals surface area contributed by atoms with Crippen LogP contribution in [0.4, 0.5) is 0 Å². The molecule has 1 rings (SSSR count). The van der Waals surface area contributed by atoms with Crippen molar-refractivity contribution in [2.45, 2.75) is 53.1 Å². The molecule has 104 valence electrons. The third-order valence-corrected chi connectivity index (χ3v) is 4.30. The minimum absolute atomic E-state index is 1.02. The van der Waals surface area contributed by atoms with E-state index in [9.17, 15) is 0 Å². The van der Waals surface area contributed by atoms with Crippen molar-refractivity contribution in [2.75, 3.05) is 20.1 Å². The standard InChI is InChI=1S/C15H28N2S/c1-5-7-8-9-17(4)12-14-10-15(11-16-6-2)18-13(14)3/h10,16H,5-9,11-12H2,1-4H3. The van der Waals surface area contributed by atoms with Crippen LogP contribution in [0.1, 0.15) is 48.4 Å². The lowest BCUT2D eigenvalue weighted by molar-refractivity contribution is 0.318. The molecule has 1 heterocycles. The van der Waals surface area contributed by atoms with Gasteiger partial charge < -0.3 is 10.2 Å². The van der Waals surface area contributed by atoms with Gasteiger partial charge in [0, 0.05) is 22.8 Å². The van der Waals surface area contributed by atoms with Crippen molar-refractivity contribution < 1.29 is 0 Å². The summed E-state index contributed by atoms with van der Waals surface area (Å²) in [6.07, 6.45) is 3.97. The van der Waals surface area contributed by atoms with Crippen LogP contribution in [0.5, 0.6) is 0 Å². The van der Waals surface area contributed by atoms with Crippen LogP contribution in [0.15, 0.2) is 6.07 Å². The van der Waals surface area contributed by atoms with Gasteiger partial charge in [-0.25, -0.2) is 0 Å². The summed E-state index contributed by atoms with van der Waals surface area (Å²) in [4.78, 5) is 5.39. The van der Waals surface area contributed by atoms with Crippen molar-refractivity contribution in [1.29, 1.82) is 0 Å². The van der Waals surface area contributed by atoms with Crippen LogP contribution in [-0.4, -0.2) is 25.0 Å². The van der Waals surface area contributed by atoms with Gasteiger partial charge in [-0.1, -0.05) is 26.7 Å². The second-order valence-corrected chi connectivity index (χ2v) is 6.36. The maximum atomic E-state index is 3.40. The highest BCUT2D eigenvalue weighted by Crippen LogP contribution is 2.22. The van der Waals surface area contributed by atoms with E-state index in [0.717, 1.165) is 19.6 Å². The highest BCUT2D eigenvalue weighted by atomic mass is 32.1. The molecule has 1 aromatic rings. The predicted molar refractivity (Wildman–Crippen MR) is 82.3 cm³/mol. The fraction of sp³-hybridized carbons (Fsp3) is 0.733. The van der Waals surface area contributed by atoms with Gasteiger partial charge in [-0.05, 0) is 45.1 Å². The fourth-order valence-electron chi connectivity index (χ4n) is 2.08. The van der Waals surface area contributed by atoms with E-state index in [1.54, 1.807) is 0 Å². The van der Waals surface area contributed by atoms with E-state index in [4.69, 9.17) is 0 Å². The molecule has 0 saturated heterocycles. The first kappa shape index (κ1) is 15.7.